The van der Waals surface area contributed by atoms with E-state index in [4.69, 9.17) is 0 Å². The minimum atomic E-state index is -0.123. The fourth-order valence-electron chi connectivity index (χ4n) is 4.19. The van der Waals surface area contributed by atoms with Gasteiger partial charge in [-0.1, -0.05) is 54.6 Å². The number of rotatable bonds is 5. The van der Waals surface area contributed by atoms with Crippen LogP contribution in [0.5, 0.6) is 0 Å². The zero-order valence-electron chi connectivity index (χ0n) is 18.5. The molecule has 2 heterocycles. The van der Waals surface area contributed by atoms with E-state index in [1.165, 1.54) is 27.8 Å². The minimum Gasteiger partial charge on any atom is -0.312 e. The summed E-state index contributed by atoms with van der Waals surface area (Å²) in [6.45, 7) is 4.48. The molecule has 5 rings (SSSR count). The van der Waals surface area contributed by atoms with E-state index in [1.807, 2.05) is 54.1 Å². The van der Waals surface area contributed by atoms with Gasteiger partial charge < -0.3 is 10.6 Å². The van der Waals surface area contributed by atoms with Gasteiger partial charge in [0.25, 0.3) is 5.91 Å². The molecule has 0 fully saturated rings. The highest BCUT2D eigenvalue weighted by Gasteiger charge is 2.14. The SMILES string of the molecule is Cc1cc(NC(=O)c2ccc3c(c2)CCNC3)nn1Cc1cccc(-c2ccccc2)c1.Cl. The largest absolute Gasteiger partial charge is 0.312 e. The van der Waals surface area contributed by atoms with Gasteiger partial charge in [0.2, 0.25) is 0 Å². The monoisotopic (exact) mass is 458 g/mol. The number of fused-ring (bicyclic) bond motifs is 1. The number of benzene rings is 3. The fourth-order valence-corrected chi connectivity index (χ4v) is 4.19. The number of hydrogen-bond acceptors (Lipinski definition) is 3. The van der Waals surface area contributed by atoms with Crippen LogP contribution in [-0.4, -0.2) is 22.2 Å². The maximum absolute atomic E-state index is 12.8. The van der Waals surface area contributed by atoms with Crippen molar-refractivity contribution in [2.24, 2.45) is 0 Å². The molecule has 1 aromatic heterocycles. The lowest BCUT2D eigenvalue weighted by atomic mass is 9.98. The van der Waals surface area contributed by atoms with E-state index in [-0.39, 0.29) is 18.3 Å². The summed E-state index contributed by atoms with van der Waals surface area (Å²) in [7, 11) is 0. The molecule has 0 bridgehead atoms. The van der Waals surface area contributed by atoms with Gasteiger partial charge in [-0.05, 0) is 65.9 Å². The van der Waals surface area contributed by atoms with Crippen LogP contribution in [0.3, 0.4) is 0 Å². The third kappa shape index (κ3) is 5.16. The lowest BCUT2D eigenvalue weighted by Crippen LogP contribution is -2.24. The molecule has 0 saturated carbocycles. The van der Waals surface area contributed by atoms with Crippen LogP contribution in [0.1, 0.15) is 32.7 Å². The Bertz CT molecular complexity index is 1270. The summed E-state index contributed by atoms with van der Waals surface area (Å²) in [6, 6.07) is 26.7. The van der Waals surface area contributed by atoms with Crippen LogP contribution < -0.4 is 10.6 Å². The van der Waals surface area contributed by atoms with E-state index in [9.17, 15) is 4.79 Å². The van der Waals surface area contributed by atoms with Gasteiger partial charge in [-0.15, -0.1) is 12.4 Å². The van der Waals surface area contributed by atoms with Crippen molar-refractivity contribution in [3.63, 3.8) is 0 Å². The van der Waals surface area contributed by atoms with Crippen LogP contribution in [0.25, 0.3) is 11.1 Å². The number of nitrogens with one attached hydrogen (secondary N) is 2. The Hall–Kier alpha value is -3.41. The van der Waals surface area contributed by atoms with Crippen LogP contribution in [-0.2, 0) is 19.5 Å². The van der Waals surface area contributed by atoms with Crippen molar-refractivity contribution in [3.8, 4) is 11.1 Å². The van der Waals surface area contributed by atoms with Crippen LogP contribution in [0.2, 0.25) is 0 Å². The summed E-state index contributed by atoms with van der Waals surface area (Å²) in [5, 5.41) is 11.0. The van der Waals surface area contributed by atoms with Crippen molar-refractivity contribution in [1.82, 2.24) is 15.1 Å². The topological polar surface area (TPSA) is 59.0 Å². The molecule has 2 N–H and O–H groups in total. The van der Waals surface area contributed by atoms with Gasteiger partial charge in [0.15, 0.2) is 5.82 Å². The highest BCUT2D eigenvalue weighted by molar-refractivity contribution is 6.04. The predicted octanol–water partition coefficient (Wildman–Crippen LogP) is 5.23. The van der Waals surface area contributed by atoms with E-state index in [1.54, 1.807) is 0 Å². The van der Waals surface area contributed by atoms with Gasteiger partial charge in [0.1, 0.15) is 0 Å². The molecule has 33 heavy (non-hydrogen) atoms. The van der Waals surface area contributed by atoms with Gasteiger partial charge in [0, 0.05) is 23.9 Å². The summed E-state index contributed by atoms with van der Waals surface area (Å²) in [6.07, 6.45) is 0.951. The number of hydrogen-bond donors (Lipinski definition) is 2. The summed E-state index contributed by atoms with van der Waals surface area (Å²) >= 11 is 0. The zero-order valence-corrected chi connectivity index (χ0v) is 19.4. The first kappa shape index (κ1) is 22.8. The third-order valence-electron chi connectivity index (χ3n) is 5.94. The number of carbonyl (C=O) groups excluding carboxylic acids is 1. The standard InChI is InChI=1S/C27H26N4O.ClH/c1-19-14-26(29-27(32)24-10-11-25-17-28-13-12-23(25)16-24)30-31(19)18-20-6-5-9-22(15-20)21-7-3-2-4-8-21;/h2-11,14-16,28H,12-13,17-18H2,1H3,(H,29,30,32);1H. The maximum Gasteiger partial charge on any atom is 0.256 e. The first-order chi connectivity index (χ1) is 15.7. The van der Waals surface area contributed by atoms with Gasteiger partial charge in [0.05, 0.1) is 6.54 Å². The van der Waals surface area contributed by atoms with E-state index < -0.39 is 0 Å². The van der Waals surface area contributed by atoms with E-state index >= 15 is 0 Å². The van der Waals surface area contributed by atoms with E-state index in [0.717, 1.165) is 25.2 Å². The second-order valence-corrected chi connectivity index (χ2v) is 8.26. The molecule has 0 atom stereocenters. The van der Waals surface area contributed by atoms with E-state index in [0.29, 0.717) is 17.9 Å². The summed E-state index contributed by atoms with van der Waals surface area (Å²) in [5.41, 5.74) is 7.74. The molecule has 5 nitrogen and oxygen atoms in total. The number of aryl methyl sites for hydroxylation is 1. The summed E-state index contributed by atoms with van der Waals surface area (Å²) in [5.74, 6) is 0.452. The molecule has 0 spiro atoms. The molecular weight excluding hydrogens is 432 g/mol. The van der Waals surface area contributed by atoms with Crippen LogP contribution in [0, 0.1) is 6.92 Å². The number of carbonyl (C=O) groups is 1. The Balaban J connectivity index is 0.00000259. The van der Waals surface area contributed by atoms with Crippen molar-refractivity contribution in [2.75, 3.05) is 11.9 Å². The lowest BCUT2D eigenvalue weighted by Gasteiger charge is -2.17. The van der Waals surface area contributed by atoms with Crippen molar-refractivity contribution in [2.45, 2.75) is 26.4 Å². The first-order valence-electron chi connectivity index (χ1n) is 11.0. The van der Waals surface area contributed by atoms with Crippen molar-refractivity contribution in [3.05, 3.63) is 107 Å². The van der Waals surface area contributed by atoms with Gasteiger partial charge in [-0.2, -0.15) is 5.10 Å². The molecule has 0 radical (unpaired) electrons. The normalized spacial score (nSPS) is 12.5. The van der Waals surface area contributed by atoms with Gasteiger partial charge in [-0.25, -0.2) is 0 Å². The molecule has 6 heteroatoms. The van der Waals surface area contributed by atoms with Gasteiger partial charge in [-0.3, -0.25) is 9.48 Å². The number of anilines is 1. The Morgan fingerprint density at radius 3 is 2.64 bits per heavy atom. The predicted molar refractivity (Wildman–Crippen MR) is 135 cm³/mol. The molecule has 0 saturated heterocycles. The summed E-state index contributed by atoms with van der Waals surface area (Å²) in [4.78, 5) is 12.8. The number of nitrogens with zero attached hydrogens (tertiary/aromatic N) is 2. The van der Waals surface area contributed by atoms with Crippen LogP contribution in [0.4, 0.5) is 5.82 Å². The quantitative estimate of drug-likeness (QED) is 0.430. The summed E-state index contributed by atoms with van der Waals surface area (Å²) < 4.78 is 1.93. The molecule has 1 aliphatic heterocycles. The third-order valence-corrected chi connectivity index (χ3v) is 5.94. The minimum absolute atomic E-state index is 0. The molecular formula is C27H27ClN4O. The molecule has 4 aromatic rings. The van der Waals surface area contributed by atoms with Crippen molar-refractivity contribution < 1.29 is 4.79 Å². The van der Waals surface area contributed by atoms with Crippen molar-refractivity contribution in [1.29, 1.82) is 0 Å². The smallest absolute Gasteiger partial charge is 0.256 e. The average molecular weight is 459 g/mol. The molecule has 1 amide bonds. The maximum atomic E-state index is 12.8. The zero-order chi connectivity index (χ0) is 21.9. The Morgan fingerprint density at radius 2 is 1.79 bits per heavy atom. The number of aromatic nitrogens is 2. The number of halogens is 1. The Morgan fingerprint density at radius 1 is 0.970 bits per heavy atom. The van der Waals surface area contributed by atoms with Crippen LogP contribution in [0.15, 0.2) is 78.9 Å². The highest BCUT2D eigenvalue weighted by Crippen LogP contribution is 2.21. The fraction of sp³-hybridized carbons (Fsp3) is 0.185. The molecule has 3 aromatic carbocycles. The second-order valence-electron chi connectivity index (χ2n) is 8.26. The molecule has 0 aliphatic carbocycles. The average Bonchev–Trinajstić information content (AvgIpc) is 3.17. The molecule has 1 aliphatic rings. The Kier molecular flexibility index (Phi) is 6.92. The van der Waals surface area contributed by atoms with Crippen molar-refractivity contribution >= 4 is 24.1 Å². The van der Waals surface area contributed by atoms with Gasteiger partial charge >= 0.3 is 0 Å². The van der Waals surface area contributed by atoms with Crippen LogP contribution >= 0.6 is 12.4 Å². The van der Waals surface area contributed by atoms with E-state index in [2.05, 4.69) is 52.1 Å². The first-order valence-corrected chi connectivity index (χ1v) is 11.0. The molecule has 0 unspecified atom stereocenters. The number of amides is 1. The lowest BCUT2D eigenvalue weighted by molar-refractivity contribution is 0.102. The second kappa shape index (κ2) is 10.0. The Labute approximate surface area is 200 Å². The molecule has 168 valence electrons. The highest BCUT2D eigenvalue weighted by atomic mass is 35.5.